The van der Waals surface area contributed by atoms with Gasteiger partial charge in [0.15, 0.2) is 0 Å². The highest BCUT2D eigenvalue weighted by Gasteiger charge is 2.28. The van der Waals surface area contributed by atoms with Crippen LogP contribution in [-0.4, -0.2) is 33.7 Å². The number of para-hydroxylation sites is 1. The minimum absolute atomic E-state index is 0. The van der Waals surface area contributed by atoms with E-state index in [2.05, 4.69) is 15.3 Å². The lowest BCUT2D eigenvalue weighted by atomic mass is 9.88. The lowest BCUT2D eigenvalue weighted by molar-refractivity contribution is -0.122. The topological polar surface area (TPSA) is 101 Å². The van der Waals surface area contributed by atoms with Crippen molar-refractivity contribution in [2.24, 2.45) is 11.7 Å². The maximum atomic E-state index is 12.1. The molecule has 144 valence electrons. The average molecular weight is 399 g/mol. The van der Waals surface area contributed by atoms with Gasteiger partial charge in [0.2, 0.25) is 5.91 Å². The van der Waals surface area contributed by atoms with Crippen LogP contribution >= 0.6 is 24.2 Å². The Kier molecular flexibility index (Phi) is 8.59. The summed E-state index contributed by atoms with van der Waals surface area (Å²) in [5.41, 5.74) is 5.96. The number of nitrogens with two attached hydrogens (primary N) is 1. The molecule has 1 unspecified atom stereocenters. The lowest BCUT2D eigenvalue weighted by Gasteiger charge is -2.33. The van der Waals surface area contributed by atoms with Crippen molar-refractivity contribution in [2.45, 2.75) is 38.5 Å². The van der Waals surface area contributed by atoms with Gasteiger partial charge in [-0.3, -0.25) is 9.59 Å². The van der Waals surface area contributed by atoms with Crippen LogP contribution in [0.1, 0.15) is 33.0 Å². The maximum Gasteiger partial charge on any atom is 0.258 e. The minimum atomic E-state index is -0.382. The van der Waals surface area contributed by atoms with Crippen LogP contribution in [0.25, 0.3) is 10.9 Å². The number of nitrogens with one attached hydrogen (secondary N) is 2. The molecule has 2 rings (SSSR count). The smallest absolute Gasteiger partial charge is 0.258 e. The van der Waals surface area contributed by atoms with Gasteiger partial charge in [0, 0.05) is 18.7 Å². The van der Waals surface area contributed by atoms with Gasteiger partial charge in [0.25, 0.3) is 5.56 Å². The lowest BCUT2D eigenvalue weighted by Crippen LogP contribution is -2.55. The Morgan fingerprint density at radius 3 is 2.73 bits per heavy atom. The van der Waals surface area contributed by atoms with Crippen LogP contribution in [0, 0.1) is 5.92 Å². The normalized spacial score (nSPS) is 13.3. The predicted molar refractivity (Wildman–Crippen MR) is 111 cm³/mol. The van der Waals surface area contributed by atoms with Crippen molar-refractivity contribution in [3.05, 3.63) is 40.4 Å². The molecule has 0 aliphatic heterocycles. The number of aromatic nitrogens is 2. The first-order chi connectivity index (χ1) is 11.9. The van der Waals surface area contributed by atoms with Crippen molar-refractivity contribution in [1.82, 2.24) is 15.3 Å². The number of rotatable bonds is 8. The van der Waals surface area contributed by atoms with Gasteiger partial charge in [-0.05, 0) is 25.0 Å². The molecule has 1 heterocycles. The predicted octanol–water partition coefficient (Wildman–Crippen LogP) is 2.46. The summed E-state index contributed by atoms with van der Waals surface area (Å²) in [6.45, 7) is 6.46. The molecule has 0 spiro atoms. The second kappa shape index (κ2) is 9.94. The largest absolute Gasteiger partial charge is 0.349 e. The number of thioether (sulfide) groups is 1. The van der Waals surface area contributed by atoms with E-state index >= 15 is 0 Å². The molecule has 8 heteroatoms. The number of nitrogens with zero attached hydrogens (tertiary/aromatic N) is 1. The van der Waals surface area contributed by atoms with Crippen molar-refractivity contribution in [2.75, 3.05) is 12.3 Å². The number of benzene rings is 1. The van der Waals surface area contributed by atoms with Crippen molar-refractivity contribution >= 4 is 41.0 Å². The van der Waals surface area contributed by atoms with E-state index in [0.717, 1.165) is 0 Å². The van der Waals surface area contributed by atoms with Gasteiger partial charge in [-0.2, -0.15) is 11.8 Å². The van der Waals surface area contributed by atoms with E-state index in [1.807, 2.05) is 39.0 Å². The number of aromatic amines is 1. The highest BCUT2D eigenvalue weighted by atomic mass is 35.5. The summed E-state index contributed by atoms with van der Waals surface area (Å²) in [6.07, 6.45) is 0.408. The fourth-order valence-corrected chi connectivity index (χ4v) is 3.15. The van der Waals surface area contributed by atoms with Gasteiger partial charge in [-0.1, -0.05) is 26.0 Å². The highest BCUT2D eigenvalue weighted by Crippen LogP contribution is 2.16. The number of fused-ring (bicyclic) bond motifs is 1. The zero-order valence-electron chi connectivity index (χ0n) is 15.4. The van der Waals surface area contributed by atoms with E-state index in [1.165, 1.54) is 0 Å². The first-order valence-electron chi connectivity index (χ1n) is 8.42. The van der Waals surface area contributed by atoms with Crippen LogP contribution in [-0.2, 0) is 10.5 Å². The van der Waals surface area contributed by atoms with E-state index < -0.39 is 0 Å². The maximum absolute atomic E-state index is 12.1. The fraction of sp³-hybridized carbons (Fsp3) is 0.500. The molecule has 6 nitrogen and oxygen atoms in total. The molecular weight excluding hydrogens is 372 g/mol. The van der Waals surface area contributed by atoms with Gasteiger partial charge < -0.3 is 16.0 Å². The number of halogens is 1. The van der Waals surface area contributed by atoms with Crippen LogP contribution in [0.4, 0.5) is 0 Å². The molecule has 4 N–H and O–H groups in total. The molecule has 0 fully saturated rings. The van der Waals surface area contributed by atoms with Gasteiger partial charge >= 0.3 is 0 Å². The Labute approximate surface area is 164 Å². The van der Waals surface area contributed by atoms with Crippen molar-refractivity contribution < 1.29 is 4.79 Å². The van der Waals surface area contributed by atoms with Crippen LogP contribution in [0.3, 0.4) is 0 Å². The molecule has 1 aromatic carbocycles. The summed E-state index contributed by atoms with van der Waals surface area (Å²) in [6, 6.07) is 7.26. The molecule has 0 radical (unpaired) electrons. The van der Waals surface area contributed by atoms with E-state index in [9.17, 15) is 9.59 Å². The van der Waals surface area contributed by atoms with Crippen LogP contribution in [0.15, 0.2) is 29.1 Å². The van der Waals surface area contributed by atoms with Gasteiger partial charge in [-0.15, -0.1) is 12.4 Å². The molecule has 0 bridgehead atoms. The van der Waals surface area contributed by atoms with E-state index in [0.29, 0.717) is 41.2 Å². The number of H-pyrrole nitrogens is 1. The fourth-order valence-electron chi connectivity index (χ4n) is 2.35. The van der Waals surface area contributed by atoms with Gasteiger partial charge in [-0.25, -0.2) is 4.98 Å². The van der Waals surface area contributed by atoms with Gasteiger partial charge in [0.1, 0.15) is 5.82 Å². The van der Waals surface area contributed by atoms with Gasteiger partial charge in [0.05, 0.1) is 22.2 Å². The van der Waals surface area contributed by atoms with E-state index in [1.54, 1.807) is 17.8 Å². The summed E-state index contributed by atoms with van der Waals surface area (Å²) in [5.74, 6) is 2.10. The zero-order chi connectivity index (χ0) is 18.4. The second-order valence-electron chi connectivity index (χ2n) is 6.66. The third-order valence-corrected chi connectivity index (χ3v) is 5.47. The first-order valence-corrected chi connectivity index (χ1v) is 9.58. The molecule has 0 aliphatic rings. The number of amides is 1. The Morgan fingerprint density at radius 1 is 1.38 bits per heavy atom. The highest BCUT2D eigenvalue weighted by molar-refractivity contribution is 7.98. The van der Waals surface area contributed by atoms with Crippen LogP contribution < -0.4 is 16.6 Å². The molecule has 1 amide bonds. The summed E-state index contributed by atoms with van der Waals surface area (Å²) in [5, 5.41) is 3.61. The van der Waals surface area contributed by atoms with E-state index in [4.69, 9.17) is 5.73 Å². The third kappa shape index (κ3) is 5.72. The molecule has 1 aromatic heterocycles. The first kappa shape index (κ1) is 22.5. The summed E-state index contributed by atoms with van der Waals surface area (Å²) >= 11 is 1.57. The Hall–Kier alpha value is -1.57. The molecule has 26 heavy (non-hydrogen) atoms. The van der Waals surface area contributed by atoms with Crippen molar-refractivity contribution in [3.8, 4) is 0 Å². The van der Waals surface area contributed by atoms with Crippen molar-refractivity contribution in [3.63, 3.8) is 0 Å². The summed E-state index contributed by atoms with van der Waals surface area (Å²) in [4.78, 5) is 31.4. The SMILES string of the molecule is CC(C)C(C)(CN)NC(=O)CCSCc1nc2ccccc2c(=O)[nH]1.Cl. The average Bonchev–Trinajstić information content (AvgIpc) is 2.58. The van der Waals surface area contributed by atoms with Crippen molar-refractivity contribution in [1.29, 1.82) is 0 Å². The molecule has 0 saturated carbocycles. The molecule has 0 aliphatic carbocycles. The number of hydrogen-bond acceptors (Lipinski definition) is 5. The summed E-state index contributed by atoms with van der Waals surface area (Å²) in [7, 11) is 0. The number of hydrogen-bond donors (Lipinski definition) is 3. The Bertz CT molecular complexity index is 796. The zero-order valence-corrected chi connectivity index (χ0v) is 17.0. The minimum Gasteiger partial charge on any atom is -0.349 e. The Morgan fingerprint density at radius 2 is 2.08 bits per heavy atom. The quantitative estimate of drug-likeness (QED) is 0.593. The molecular formula is C18H27ClN4O2S. The molecule has 1 atom stereocenters. The third-order valence-electron chi connectivity index (χ3n) is 4.50. The molecule has 0 saturated heterocycles. The van der Waals surface area contributed by atoms with Crippen LogP contribution in [0.2, 0.25) is 0 Å². The molecule has 2 aromatic rings. The van der Waals surface area contributed by atoms with E-state index in [-0.39, 0.29) is 35.3 Å². The monoisotopic (exact) mass is 398 g/mol. The Balaban J connectivity index is 0.00000338. The second-order valence-corrected chi connectivity index (χ2v) is 7.76. The van der Waals surface area contributed by atoms with Crippen LogP contribution in [0.5, 0.6) is 0 Å². The summed E-state index contributed by atoms with van der Waals surface area (Å²) < 4.78 is 0. The number of carbonyl (C=O) groups is 1. The standard InChI is InChI=1S/C18H26N4O2S.ClH/c1-12(2)18(3,11-19)22-16(23)8-9-25-10-15-20-14-7-5-4-6-13(14)17(24)21-15;/h4-7,12H,8-11,19H2,1-3H3,(H,22,23)(H,20,21,24);1H. The number of carbonyl (C=O) groups excluding carboxylic acids is 1.